The van der Waals surface area contributed by atoms with E-state index in [9.17, 15) is 8.42 Å². The quantitative estimate of drug-likeness (QED) is 0.619. The van der Waals surface area contributed by atoms with Crippen LogP contribution < -0.4 is 0 Å². The molecule has 0 aliphatic heterocycles. The van der Waals surface area contributed by atoms with Gasteiger partial charge in [-0.25, -0.2) is 8.42 Å². The molecule has 68 valence electrons. The zero-order chi connectivity index (χ0) is 8.74. The summed E-state index contributed by atoms with van der Waals surface area (Å²) in [6.45, 7) is 2.07. The van der Waals surface area contributed by atoms with Crippen molar-refractivity contribution in [3.63, 3.8) is 0 Å². The largest absolute Gasteiger partial charge is 0.380 e. The summed E-state index contributed by atoms with van der Waals surface area (Å²) in [4.78, 5) is 0. The van der Waals surface area contributed by atoms with Crippen LogP contribution in [0.25, 0.3) is 0 Å². The molecule has 0 saturated heterocycles. The van der Waals surface area contributed by atoms with Gasteiger partial charge in [0.2, 0.25) is 0 Å². The maximum Gasteiger partial charge on any atom is 0.173 e. The predicted molar refractivity (Wildman–Crippen MR) is 45.0 cm³/mol. The minimum absolute atomic E-state index is 0.128. The lowest BCUT2D eigenvalue weighted by atomic mass is 10.2. The van der Waals surface area contributed by atoms with Gasteiger partial charge >= 0.3 is 0 Å². The molecular formula is C7H16O3S. The van der Waals surface area contributed by atoms with E-state index in [1.165, 1.54) is 0 Å². The van der Waals surface area contributed by atoms with Crippen LogP contribution >= 0.6 is 0 Å². The first kappa shape index (κ1) is 10.9. The highest BCUT2D eigenvalue weighted by Crippen LogP contribution is 2.01. The van der Waals surface area contributed by atoms with E-state index in [4.69, 9.17) is 5.11 Å². The van der Waals surface area contributed by atoms with Crippen LogP contribution in [0.1, 0.15) is 32.6 Å². The Morgan fingerprint density at radius 1 is 1.18 bits per heavy atom. The van der Waals surface area contributed by atoms with Crippen LogP contribution in [0, 0.1) is 0 Å². The molecule has 11 heavy (non-hydrogen) atoms. The zero-order valence-corrected chi connectivity index (χ0v) is 7.73. The fourth-order valence-corrected chi connectivity index (χ4v) is 1.59. The van der Waals surface area contributed by atoms with Gasteiger partial charge in [-0.1, -0.05) is 26.2 Å². The first-order valence-corrected chi connectivity index (χ1v) is 5.76. The van der Waals surface area contributed by atoms with E-state index >= 15 is 0 Å². The van der Waals surface area contributed by atoms with Gasteiger partial charge in [-0.3, -0.25) is 0 Å². The molecule has 0 aliphatic carbocycles. The van der Waals surface area contributed by atoms with Crippen LogP contribution in [0.5, 0.6) is 0 Å². The molecule has 0 atom stereocenters. The van der Waals surface area contributed by atoms with Crippen molar-refractivity contribution in [2.24, 2.45) is 0 Å². The second kappa shape index (κ2) is 5.55. The molecular weight excluding hydrogens is 164 g/mol. The Kier molecular flexibility index (Phi) is 5.50. The summed E-state index contributed by atoms with van der Waals surface area (Å²) in [6, 6.07) is 0. The van der Waals surface area contributed by atoms with E-state index in [0.717, 1.165) is 19.3 Å². The van der Waals surface area contributed by atoms with Gasteiger partial charge in [-0.05, 0) is 6.42 Å². The molecule has 4 heteroatoms. The second-order valence-electron chi connectivity index (χ2n) is 2.64. The predicted octanol–water partition coefficient (Wildman–Crippen LogP) is 0.931. The summed E-state index contributed by atoms with van der Waals surface area (Å²) in [7, 11) is -3.14. The van der Waals surface area contributed by atoms with E-state index in [0.29, 0.717) is 6.42 Å². The lowest BCUT2D eigenvalue weighted by molar-refractivity contribution is 0.358. The van der Waals surface area contributed by atoms with E-state index < -0.39 is 15.8 Å². The minimum atomic E-state index is -3.14. The molecule has 0 aromatic heterocycles. The smallest absolute Gasteiger partial charge is 0.173 e. The van der Waals surface area contributed by atoms with Crippen molar-refractivity contribution < 1.29 is 13.5 Å². The van der Waals surface area contributed by atoms with E-state index in [-0.39, 0.29) is 5.75 Å². The number of unbranched alkanes of at least 4 members (excludes halogenated alkanes) is 3. The molecule has 3 nitrogen and oxygen atoms in total. The molecule has 0 unspecified atom stereocenters. The Bertz CT molecular complexity index is 172. The third-order valence-electron chi connectivity index (χ3n) is 1.51. The average molecular weight is 180 g/mol. The number of aliphatic hydroxyl groups excluding tert-OH is 1. The summed E-state index contributed by atoms with van der Waals surface area (Å²) < 4.78 is 21.4. The van der Waals surface area contributed by atoms with Gasteiger partial charge in [0, 0.05) is 0 Å². The molecule has 0 saturated carbocycles. The maximum absolute atomic E-state index is 10.7. The summed E-state index contributed by atoms with van der Waals surface area (Å²) >= 11 is 0. The van der Waals surface area contributed by atoms with Crippen molar-refractivity contribution in [2.75, 3.05) is 11.7 Å². The Hall–Kier alpha value is -0.0900. The summed E-state index contributed by atoms with van der Waals surface area (Å²) in [5, 5.41) is 8.36. The third kappa shape index (κ3) is 6.31. The molecule has 0 aromatic carbocycles. The van der Waals surface area contributed by atoms with Gasteiger partial charge in [0.1, 0.15) is 5.94 Å². The molecule has 0 radical (unpaired) electrons. The molecule has 0 aliphatic rings. The Morgan fingerprint density at radius 3 is 2.27 bits per heavy atom. The Labute approximate surface area is 68.3 Å². The zero-order valence-electron chi connectivity index (χ0n) is 6.91. The highest BCUT2D eigenvalue weighted by Gasteiger charge is 2.06. The van der Waals surface area contributed by atoms with Crippen LogP contribution in [-0.4, -0.2) is 25.2 Å². The van der Waals surface area contributed by atoms with Crippen LogP contribution in [-0.2, 0) is 9.84 Å². The van der Waals surface area contributed by atoms with E-state index in [2.05, 4.69) is 6.92 Å². The number of sulfone groups is 1. The van der Waals surface area contributed by atoms with Crippen LogP contribution in [0.2, 0.25) is 0 Å². The lowest BCUT2D eigenvalue weighted by Crippen LogP contribution is -2.10. The number of hydrogen-bond donors (Lipinski definition) is 1. The van der Waals surface area contributed by atoms with Gasteiger partial charge in [-0.15, -0.1) is 0 Å². The fourth-order valence-electron chi connectivity index (χ4n) is 0.813. The topological polar surface area (TPSA) is 54.4 Å². The van der Waals surface area contributed by atoms with Gasteiger partial charge in [-0.2, -0.15) is 0 Å². The molecule has 0 spiro atoms. The number of aliphatic hydroxyl groups is 1. The van der Waals surface area contributed by atoms with Crippen LogP contribution in [0.3, 0.4) is 0 Å². The minimum Gasteiger partial charge on any atom is -0.380 e. The highest BCUT2D eigenvalue weighted by molar-refractivity contribution is 7.91. The number of rotatable bonds is 6. The number of hydrogen-bond acceptors (Lipinski definition) is 3. The summed E-state index contributed by atoms with van der Waals surface area (Å²) in [5.74, 6) is -0.581. The molecule has 1 N–H and O–H groups in total. The van der Waals surface area contributed by atoms with Gasteiger partial charge in [0.15, 0.2) is 9.84 Å². The lowest BCUT2D eigenvalue weighted by Gasteiger charge is -1.98. The van der Waals surface area contributed by atoms with Crippen molar-refractivity contribution >= 4 is 9.84 Å². The van der Waals surface area contributed by atoms with Crippen molar-refractivity contribution in [1.82, 2.24) is 0 Å². The normalized spacial score (nSPS) is 11.8. The second-order valence-corrected chi connectivity index (χ2v) is 4.79. The Balaban J connectivity index is 3.39. The standard InChI is InChI=1S/C7H16O3S/c1-2-3-4-5-6-11(9,10)7-8/h8H,2-7H2,1H3. The fraction of sp³-hybridized carbons (Fsp3) is 1.00. The molecule has 0 amide bonds. The van der Waals surface area contributed by atoms with Crippen molar-refractivity contribution in [3.8, 4) is 0 Å². The molecule has 0 bridgehead atoms. The summed E-state index contributed by atoms with van der Waals surface area (Å²) in [6.07, 6.45) is 3.78. The molecule has 0 fully saturated rings. The van der Waals surface area contributed by atoms with Gasteiger partial charge in [0.25, 0.3) is 0 Å². The average Bonchev–Trinajstić information content (AvgIpc) is 1.99. The van der Waals surface area contributed by atoms with Gasteiger partial charge < -0.3 is 5.11 Å². The monoisotopic (exact) mass is 180 g/mol. The first-order valence-electron chi connectivity index (χ1n) is 3.93. The summed E-state index contributed by atoms with van der Waals surface area (Å²) in [5.41, 5.74) is 0. The van der Waals surface area contributed by atoms with Crippen molar-refractivity contribution in [3.05, 3.63) is 0 Å². The molecule has 0 heterocycles. The van der Waals surface area contributed by atoms with Crippen LogP contribution in [0.15, 0.2) is 0 Å². The molecule has 0 rings (SSSR count). The maximum atomic E-state index is 10.7. The first-order chi connectivity index (χ1) is 5.12. The Morgan fingerprint density at radius 2 is 1.82 bits per heavy atom. The van der Waals surface area contributed by atoms with Crippen LogP contribution in [0.4, 0.5) is 0 Å². The third-order valence-corrected chi connectivity index (χ3v) is 2.81. The van der Waals surface area contributed by atoms with E-state index in [1.807, 2.05) is 0 Å². The van der Waals surface area contributed by atoms with Crippen molar-refractivity contribution in [1.29, 1.82) is 0 Å². The SMILES string of the molecule is CCCCCCS(=O)(=O)CO. The molecule has 0 aromatic rings. The van der Waals surface area contributed by atoms with Crippen molar-refractivity contribution in [2.45, 2.75) is 32.6 Å². The highest BCUT2D eigenvalue weighted by atomic mass is 32.2. The van der Waals surface area contributed by atoms with E-state index in [1.54, 1.807) is 0 Å². The van der Waals surface area contributed by atoms with Gasteiger partial charge in [0.05, 0.1) is 5.75 Å².